The van der Waals surface area contributed by atoms with Gasteiger partial charge in [-0.15, -0.1) is 0 Å². The van der Waals surface area contributed by atoms with Gasteiger partial charge in [0, 0.05) is 72.0 Å². The number of piperidine rings is 2. The number of hydrogen-bond acceptors (Lipinski definition) is 6. The first-order valence-corrected chi connectivity index (χ1v) is 16.2. The summed E-state index contributed by atoms with van der Waals surface area (Å²) < 4.78 is 0. The molecule has 5 rings (SSSR count). The maximum absolute atomic E-state index is 3.77. The molecule has 40 heavy (non-hydrogen) atoms. The molecule has 0 amide bonds. The molecule has 6 nitrogen and oxygen atoms in total. The standard InChI is InChI=1S/C34H54N6/c1-37-20-22-40(23-21-37)29-32-10-4-5-11-34(32)33-25-30(27-35-12-18-38-14-6-2-7-15-38)24-31(26-33)28-36-13-19-39-16-8-3-9-17-39/h4-5,10-11,24-26,35-36H,2-3,6-9,12-23,27-29H2,1H3. The van der Waals surface area contributed by atoms with E-state index in [9.17, 15) is 0 Å². The van der Waals surface area contributed by atoms with Crippen LogP contribution in [0.5, 0.6) is 0 Å². The summed E-state index contributed by atoms with van der Waals surface area (Å²) in [6.45, 7) is 17.1. The molecule has 0 aromatic heterocycles. The van der Waals surface area contributed by atoms with Crippen LogP contribution < -0.4 is 10.6 Å². The number of piperazine rings is 1. The highest BCUT2D eigenvalue weighted by Gasteiger charge is 2.17. The third-order valence-electron chi connectivity index (χ3n) is 9.14. The van der Waals surface area contributed by atoms with Gasteiger partial charge in [-0.05, 0) is 98.9 Å². The molecule has 0 bridgehead atoms. The van der Waals surface area contributed by atoms with Crippen LogP contribution in [0.3, 0.4) is 0 Å². The number of nitrogens with zero attached hydrogens (tertiary/aromatic N) is 4. The molecular weight excluding hydrogens is 492 g/mol. The van der Waals surface area contributed by atoms with Crippen molar-refractivity contribution >= 4 is 0 Å². The van der Waals surface area contributed by atoms with Crippen LogP contribution in [0.25, 0.3) is 11.1 Å². The Morgan fingerprint density at radius 1 is 0.600 bits per heavy atom. The van der Waals surface area contributed by atoms with Crippen molar-refractivity contribution in [3.05, 3.63) is 59.2 Å². The lowest BCUT2D eigenvalue weighted by Gasteiger charge is -2.32. The molecule has 0 atom stereocenters. The summed E-state index contributed by atoms with van der Waals surface area (Å²) in [6, 6.07) is 16.4. The van der Waals surface area contributed by atoms with Gasteiger partial charge in [-0.3, -0.25) is 4.90 Å². The molecule has 0 spiro atoms. The highest BCUT2D eigenvalue weighted by atomic mass is 15.2. The van der Waals surface area contributed by atoms with Gasteiger partial charge in [0.1, 0.15) is 0 Å². The summed E-state index contributed by atoms with van der Waals surface area (Å²) in [5.74, 6) is 0. The fourth-order valence-corrected chi connectivity index (χ4v) is 6.61. The van der Waals surface area contributed by atoms with Crippen molar-refractivity contribution in [2.24, 2.45) is 0 Å². The van der Waals surface area contributed by atoms with E-state index in [1.807, 2.05) is 0 Å². The zero-order chi connectivity index (χ0) is 27.4. The predicted molar refractivity (Wildman–Crippen MR) is 169 cm³/mol. The normalized spacial score (nSPS) is 20.2. The molecule has 2 aromatic carbocycles. The minimum absolute atomic E-state index is 0.934. The van der Waals surface area contributed by atoms with Crippen LogP contribution in [0.2, 0.25) is 0 Å². The number of benzene rings is 2. The van der Waals surface area contributed by atoms with Gasteiger partial charge in [0.05, 0.1) is 0 Å². The Hall–Kier alpha value is -1.80. The fourth-order valence-electron chi connectivity index (χ4n) is 6.61. The molecule has 2 N–H and O–H groups in total. The molecule has 3 aliphatic heterocycles. The highest BCUT2D eigenvalue weighted by molar-refractivity contribution is 5.69. The third-order valence-corrected chi connectivity index (χ3v) is 9.14. The molecule has 220 valence electrons. The summed E-state index contributed by atoms with van der Waals surface area (Å²) in [6.07, 6.45) is 8.27. The Bertz CT molecular complexity index is 961. The molecular formula is C34H54N6. The molecule has 3 fully saturated rings. The van der Waals surface area contributed by atoms with E-state index < -0.39 is 0 Å². The van der Waals surface area contributed by atoms with Crippen LogP contribution in [-0.2, 0) is 19.6 Å². The van der Waals surface area contributed by atoms with Gasteiger partial charge in [-0.1, -0.05) is 43.2 Å². The first-order valence-electron chi connectivity index (χ1n) is 16.2. The lowest BCUT2D eigenvalue weighted by atomic mass is 9.95. The van der Waals surface area contributed by atoms with Crippen molar-refractivity contribution in [3.63, 3.8) is 0 Å². The van der Waals surface area contributed by atoms with Crippen LogP contribution in [-0.4, -0.2) is 105 Å². The van der Waals surface area contributed by atoms with Gasteiger partial charge in [0.2, 0.25) is 0 Å². The van der Waals surface area contributed by atoms with Gasteiger partial charge >= 0.3 is 0 Å². The van der Waals surface area contributed by atoms with Gasteiger partial charge < -0.3 is 25.3 Å². The first kappa shape index (κ1) is 29.7. The van der Waals surface area contributed by atoms with Crippen LogP contribution in [0.15, 0.2) is 42.5 Å². The SMILES string of the molecule is CN1CCN(Cc2ccccc2-c2cc(CNCCN3CCCCC3)cc(CNCCN3CCCCC3)c2)CC1. The maximum atomic E-state index is 3.77. The Balaban J connectivity index is 1.24. The molecule has 6 heteroatoms. The molecule has 3 aliphatic rings. The lowest BCUT2D eigenvalue weighted by Crippen LogP contribution is -2.43. The zero-order valence-corrected chi connectivity index (χ0v) is 25.2. The van der Waals surface area contributed by atoms with E-state index in [1.165, 1.54) is 106 Å². The quantitative estimate of drug-likeness (QED) is 0.366. The first-order chi connectivity index (χ1) is 19.7. The van der Waals surface area contributed by atoms with Crippen LogP contribution >= 0.6 is 0 Å². The van der Waals surface area contributed by atoms with Gasteiger partial charge in [-0.2, -0.15) is 0 Å². The number of rotatable bonds is 13. The molecule has 0 saturated carbocycles. The Kier molecular flexibility index (Phi) is 11.9. The van der Waals surface area contributed by atoms with Crippen LogP contribution in [0, 0.1) is 0 Å². The number of likely N-dealkylation sites (tertiary alicyclic amines) is 2. The second-order valence-corrected chi connectivity index (χ2v) is 12.4. The van der Waals surface area contributed by atoms with Crippen LogP contribution in [0.4, 0.5) is 0 Å². The van der Waals surface area contributed by atoms with E-state index >= 15 is 0 Å². The number of hydrogen-bond donors (Lipinski definition) is 2. The molecule has 3 heterocycles. The van der Waals surface area contributed by atoms with Gasteiger partial charge in [0.15, 0.2) is 0 Å². The molecule has 0 radical (unpaired) electrons. The molecule has 2 aromatic rings. The monoisotopic (exact) mass is 546 g/mol. The second kappa shape index (κ2) is 16.0. The number of nitrogens with one attached hydrogen (secondary N) is 2. The highest BCUT2D eigenvalue weighted by Crippen LogP contribution is 2.28. The van der Waals surface area contributed by atoms with E-state index in [4.69, 9.17) is 0 Å². The molecule has 0 aliphatic carbocycles. The Morgan fingerprint density at radius 2 is 1.15 bits per heavy atom. The minimum Gasteiger partial charge on any atom is -0.311 e. The van der Waals surface area contributed by atoms with Crippen molar-refractivity contribution in [2.45, 2.75) is 58.2 Å². The van der Waals surface area contributed by atoms with E-state index in [0.717, 1.165) is 58.9 Å². The maximum Gasteiger partial charge on any atom is 0.0240 e. The zero-order valence-electron chi connectivity index (χ0n) is 25.2. The summed E-state index contributed by atoms with van der Waals surface area (Å²) in [4.78, 5) is 10.3. The summed E-state index contributed by atoms with van der Waals surface area (Å²) in [5.41, 5.74) is 7.02. The minimum atomic E-state index is 0.934. The van der Waals surface area contributed by atoms with Crippen molar-refractivity contribution < 1.29 is 0 Å². The van der Waals surface area contributed by atoms with E-state index in [-0.39, 0.29) is 0 Å². The molecule has 3 saturated heterocycles. The predicted octanol–water partition coefficient (Wildman–Crippen LogP) is 4.25. The van der Waals surface area contributed by atoms with E-state index in [1.54, 1.807) is 0 Å². The van der Waals surface area contributed by atoms with Crippen molar-refractivity contribution in [1.82, 2.24) is 30.2 Å². The smallest absolute Gasteiger partial charge is 0.0240 e. The second-order valence-electron chi connectivity index (χ2n) is 12.4. The Morgan fingerprint density at radius 3 is 1.73 bits per heavy atom. The summed E-state index contributed by atoms with van der Waals surface area (Å²) >= 11 is 0. The van der Waals surface area contributed by atoms with E-state index in [2.05, 4.69) is 79.7 Å². The largest absolute Gasteiger partial charge is 0.311 e. The van der Waals surface area contributed by atoms with Crippen molar-refractivity contribution in [3.8, 4) is 11.1 Å². The van der Waals surface area contributed by atoms with Gasteiger partial charge in [-0.25, -0.2) is 0 Å². The summed E-state index contributed by atoms with van der Waals surface area (Å²) in [7, 11) is 2.24. The average molecular weight is 547 g/mol. The number of likely N-dealkylation sites (N-methyl/N-ethyl adjacent to an activating group) is 1. The van der Waals surface area contributed by atoms with Crippen LogP contribution in [0.1, 0.15) is 55.2 Å². The average Bonchev–Trinajstić information content (AvgIpc) is 3.00. The van der Waals surface area contributed by atoms with Crippen molar-refractivity contribution in [1.29, 1.82) is 0 Å². The lowest BCUT2D eigenvalue weighted by molar-refractivity contribution is 0.148. The van der Waals surface area contributed by atoms with E-state index in [0.29, 0.717) is 0 Å². The van der Waals surface area contributed by atoms with Crippen molar-refractivity contribution in [2.75, 3.05) is 85.6 Å². The molecule has 0 unspecified atom stereocenters. The Labute approximate surface area is 244 Å². The fraction of sp³-hybridized carbons (Fsp3) is 0.647. The third kappa shape index (κ3) is 9.37. The topological polar surface area (TPSA) is 37.0 Å². The van der Waals surface area contributed by atoms with Gasteiger partial charge in [0.25, 0.3) is 0 Å². The summed E-state index contributed by atoms with van der Waals surface area (Å²) in [5, 5.41) is 7.54.